The summed E-state index contributed by atoms with van der Waals surface area (Å²) in [6, 6.07) is 10.5. The second kappa shape index (κ2) is 8.56. The number of hydrogen-bond acceptors (Lipinski definition) is 4. The van der Waals surface area contributed by atoms with Crippen molar-refractivity contribution in [3.8, 4) is 11.8 Å². The summed E-state index contributed by atoms with van der Waals surface area (Å²) in [6.07, 6.45) is 4.99. The Morgan fingerprint density at radius 2 is 1.85 bits per heavy atom. The zero-order chi connectivity index (χ0) is 19.3. The summed E-state index contributed by atoms with van der Waals surface area (Å²) in [5.41, 5.74) is 3.84. The van der Waals surface area contributed by atoms with E-state index in [1.54, 1.807) is 13.8 Å². The third kappa shape index (κ3) is 5.82. The smallest absolute Gasteiger partial charge is 0.120 e. The third-order valence-corrected chi connectivity index (χ3v) is 4.79. The van der Waals surface area contributed by atoms with Crippen LogP contribution in [0, 0.1) is 18.8 Å². The molecule has 27 heavy (non-hydrogen) atoms. The highest BCUT2D eigenvalue weighted by atomic mass is 16.3. The average Bonchev–Trinajstić information content (AvgIpc) is 2.86. The van der Waals surface area contributed by atoms with Crippen LogP contribution in [0.2, 0.25) is 0 Å². The SMILES string of the molecule is Cc1cnccc1N1CCCN(Cc2ccc(C#CC(C)(C)O)cc2)CC1. The molecular weight excluding hydrogens is 334 g/mol. The van der Waals surface area contributed by atoms with E-state index in [-0.39, 0.29) is 0 Å². The monoisotopic (exact) mass is 363 g/mol. The molecule has 0 bridgehead atoms. The molecule has 0 saturated carbocycles. The second-order valence-corrected chi connectivity index (χ2v) is 7.78. The molecule has 4 nitrogen and oxygen atoms in total. The molecule has 0 radical (unpaired) electrons. The fourth-order valence-corrected chi connectivity index (χ4v) is 3.37. The summed E-state index contributed by atoms with van der Waals surface area (Å²) in [5.74, 6) is 5.89. The molecule has 2 aromatic rings. The number of aromatic nitrogens is 1. The zero-order valence-electron chi connectivity index (χ0n) is 16.6. The Bertz CT molecular complexity index is 812. The molecule has 1 aromatic heterocycles. The fourth-order valence-electron chi connectivity index (χ4n) is 3.37. The van der Waals surface area contributed by atoms with E-state index in [1.165, 1.54) is 16.8 Å². The molecule has 2 heterocycles. The lowest BCUT2D eigenvalue weighted by atomic mass is 10.1. The number of nitrogens with zero attached hydrogens (tertiary/aromatic N) is 3. The first-order chi connectivity index (χ1) is 12.9. The maximum absolute atomic E-state index is 9.71. The van der Waals surface area contributed by atoms with Crippen LogP contribution in [0.25, 0.3) is 0 Å². The summed E-state index contributed by atoms with van der Waals surface area (Å²) < 4.78 is 0. The molecule has 0 aliphatic carbocycles. The first kappa shape index (κ1) is 19.4. The summed E-state index contributed by atoms with van der Waals surface area (Å²) in [4.78, 5) is 9.21. The lowest BCUT2D eigenvalue weighted by molar-refractivity contribution is 0.143. The number of hydrogen-bond donors (Lipinski definition) is 1. The molecule has 0 unspecified atom stereocenters. The largest absolute Gasteiger partial charge is 0.378 e. The van der Waals surface area contributed by atoms with Crippen molar-refractivity contribution in [2.24, 2.45) is 0 Å². The van der Waals surface area contributed by atoms with E-state index in [0.29, 0.717) is 0 Å². The lowest BCUT2D eigenvalue weighted by Gasteiger charge is -2.25. The van der Waals surface area contributed by atoms with Gasteiger partial charge in [-0.1, -0.05) is 24.0 Å². The number of benzene rings is 1. The zero-order valence-corrected chi connectivity index (χ0v) is 16.6. The van der Waals surface area contributed by atoms with Gasteiger partial charge in [0, 0.05) is 56.4 Å². The average molecular weight is 364 g/mol. The molecule has 0 spiro atoms. The highest BCUT2D eigenvalue weighted by Gasteiger charge is 2.16. The van der Waals surface area contributed by atoms with Crippen LogP contribution < -0.4 is 4.90 Å². The predicted octanol–water partition coefficient (Wildman–Crippen LogP) is 3.22. The molecule has 0 amide bonds. The Balaban J connectivity index is 1.59. The van der Waals surface area contributed by atoms with Gasteiger partial charge in [-0.15, -0.1) is 0 Å². The molecule has 4 heteroatoms. The minimum Gasteiger partial charge on any atom is -0.378 e. The molecule has 1 N–H and O–H groups in total. The van der Waals surface area contributed by atoms with Crippen molar-refractivity contribution >= 4 is 5.69 Å². The van der Waals surface area contributed by atoms with Crippen molar-refractivity contribution in [1.29, 1.82) is 0 Å². The first-order valence-corrected chi connectivity index (χ1v) is 9.63. The van der Waals surface area contributed by atoms with Crippen molar-refractivity contribution < 1.29 is 5.11 Å². The van der Waals surface area contributed by atoms with Gasteiger partial charge in [-0.05, 0) is 56.5 Å². The summed E-state index contributed by atoms with van der Waals surface area (Å²) in [6.45, 7) is 10.8. The summed E-state index contributed by atoms with van der Waals surface area (Å²) in [5, 5.41) is 9.71. The van der Waals surface area contributed by atoms with Crippen molar-refractivity contribution in [2.75, 3.05) is 31.1 Å². The van der Waals surface area contributed by atoms with Crippen molar-refractivity contribution in [3.63, 3.8) is 0 Å². The molecule has 1 aliphatic heterocycles. The van der Waals surface area contributed by atoms with Gasteiger partial charge in [0.1, 0.15) is 5.60 Å². The molecule has 142 valence electrons. The molecule has 1 saturated heterocycles. The fraction of sp³-hybridized carbons (Fsp3) is 0.435. The molecule has 3 rings (SSSR count). The van der Waals surface area contributed by atoms with Crippen LogP contribution in [0.5, 0.6) is 0 Å². The Morgan fingerprint density at radius 1 is 1.07 bits per heavy atom. The molecule has 1 fully saturated rings. The van der Waals surface area contributed by atoms with Gasteiger partial charge in [0.15, 0.2) is 0 Å². The van der Waals surface area contributed by atoms with Crippen LogP contribution >= 0.6 is 0 Å². The Kier molecular flexibility index (Phi) is 6.15. The molecular formula is C23H29N3O. The summed E-state index contributed by atoms with van der Waals surface area (Å²) >= 11 is 0. The number of aryl methyl sites for hydroxylation is 1. The highest BCUT2D eigenvalue weighted by molar-refractivity contribution is 5.51. The number of anilines is 1. The normalized spacial score (nSPS) is 15.8. The van der Waals surface area contributed by atoms with Crippen LogP contribution in [-0.4, -0.2) is 46.8 Å². The van der Waals surface area contributed by atoms with Crippen LogP contribution in [0.3, 0.4) is 0 Å². The standard InChI is InChI=1S/C23H29N3O/c1-19-17-24-12-10-22(19)26-14-4-13-25(15-16-26)18-21-7-5-20(6-8-21)9-11-23(2,3)27/h5-8,10,12,17,27H,4,13-16,18H2,1-3H3. The van der Waals surface area contributed by atoms with Crippen LogP contribution in [-0.2, 0) is 6.54 Å². The number of aliphatic hydroxyl groups is 1. The maximum Gasteiger partial charge on any atom is 0.120 e. The van der Waals surface area contributed by atoms with Crippen LogP contribution in [0.1, 0.15) is 37.0 Å². The van der Waals surface area contributed by atoms with Crippen LogP contribution in [0.15, 0.2) is 42.7 Å². The second-order valence-electron chi connectivity index (χ2n) is 7.78. The van der Waals surface area contributed by atoms with Crippen molar-refractivity contribution in [3.05, 3.63) is 59.4 Å². The predicted molar refractivity (Wildman–Crippen MR) is 111 cm³/mol. The van der Waals surface area contributed by atoms with Gasteiger partial charge in [0.25, 0.3) is 0 Å². The van der Waals surface area contributed by atoms with E-state index in [9.17, 15) is 5.11 Å². The van der Waals surface area contributed by atoms with Gasteiger partial charge in [0.2, 0.25) is 0 Å². The topological polar surface area (TPSA) is 39.6 Å². The van der Waals surface area contributed by atoms with E-state index >= 15 is 0 Å². The van der Waals surface area contributed by atoms with Crippen molar-refractivity contribution in [2.45, 2.75) is 39.3 Å². The number of pyridine rings is 1. The molecule has 1 aromatic carbocycles. The first-order valence-electron chi connectivity index (χ1n) is 9.63. The van der Waals surface area contributed by atoms with Gasteiger partial charge in [-0.25, -0.2) is 0 Å². The lowest BCUT2D eigenvalue weighted by Crippen LogP contribution is -2.30. The molecule has 0 atom stereocenters. The van der Waals surface area contributed by atoms with Crippen molar-refractivity contribution in [1.82, 2.24) is 9.88 Å². The van der Waals surface area contributed by atoms with Gasteiger partial charge < -0.3 is 10.0 Å². The highest BCUT2D eigenvalue weighted by Crippen LogP contribution is 2.20. The van der Waals surface area contributed by atoms with Gasteiger partial charge >= 0.3 is 0 Å². The third-order valence-electron chi connectivity index (χ3n) is 4.79. The van der Waals surface area contributed by atoms with Crippen LogP contribution in [0.4, 0.5) is 5.69 Å². The van der Waals surface area contributed by atoms with E-state index in [4.69, 9.17) is 0 Å². The Labute approximate surface area is 162 Å². The van der Waals surface area contributed by atoms with Gasteiger partial charge in [-0.2, -0.15) is 0 Å². The van der Waals surface area contributed by atoms with E-state index in [1.807, 2.05) is 24.5 Å². The summed E-state index contributed by atoms with van der Waals surface area (Å²) in [7, 11) is 0. The Hall–Kier alpha value is -2.35. The van der Waals surface area contributed by atoms with E-state index in [0.717, 1.165) is 44.7 Å². The van der Waals surface area contributed by atoms with E-state index in [2.05, 4.69) is 51.7 Å². The maximum atomic E-state index is 9.71. The minimum atomic E-state index is -0.955. The van der Waals surface area contributed by atoms with E-state index < -0.39 is 5.60 Å². The number of rotatable bonds is 3. The van der Waals surface area contributed by atoms with Gasteiger partial charge in [0.05, 0.1) is 0 Å². The molecule has 1 aliphatic rings. The quantitative estimate of drug-likeness (QED) is 0.850. The Morgan fingerprint density at radius 3 is 2.56 bits per heavy atom. The van der Waals surface area contributed by atoms with Gasteiger partial charge in [-0.3, -0.25) is 9.88 Å². The minimum absolute atomic E-state index is 0.941.